The maximum atomic E-state index is 12.2. The summed E-state index contributed by atoms with van der Waals surface area (Å²) >= 11 is 0. The van der Waals surface area contributed by atoms with Crippen molar-refractivity contribution in [3.63, 3.8) is 0 Å². The Morgan fingerprint density at radius 1 is 1.24 bits per heavy atom. The van der Waals surface area contributed by atoms with E-state index in [-0.39, 0.29) is 0 Å². The van der Waals surface area contributed by atoms with Gasteiger partial charge in [0.15, 0.2) is 0 Å². The molecule has 0 saturated carbocycles. The van der Waals surface area contributed by atoms with Crippen molar-refractivity contribution in [2.45, 2.75) is 36.6 Å². The van der Waals surface area contributed by atoms with Crippen LogP contribution in [-0.4, -0.2) is 52.3 Å². The molecule has 0 aromatic carbocycles. The Labute approximate surface area is 126 Å². The van der Waals surface area contributed by atoms with Crippen LogP contribution in [0.5, 0.6) is 0 Å². The van der Waals surface area contributed by atoms with Gasteiger partial charge in [-0.25, -0.2) is 4.98 Å². The van der Waals surface area contributed by atoms with E-state index >= 15 is 0 Å². The van der Waals surface area contributed by atoms with Gasteiger partial charge in [0.2, 0.25) is 5.95 Å². The number of hydrogen-bond acceptors (Lipinski definition) is 6. The average molecular weight is 308 g/mol. The lowest BCUT2D eigenvalue weighted by Gasteiger charge is -2.32. The maximum Gasteiger partial charge on any atom is 0.227 e. The molecule has 3 aliphatic rings. The molecule has 1 atom stereocenters. The Morgan fingerprint density at radius 3 is 2.76 bits per heavy atom. The van der Waals surface area contributed by atoms with Crippen LogP contribution in [-0.2, 0) is 22.0 Å². The van der Waals surface area contributed by atoms with E-state index in [0.717, 1.165) is 67.9 Å². The minimum Gasteiger partial charge on any atom is -0.381 e. The minimum atomic E-state index is -0.956. The van der Waals surface area contributed by atoms with Crippen LogP contribution in [0.15, 0.2) is 4.90 Å². The Morgan fingerprint density at radius 2 is 2.05 bits per heavy atom. The first kappa shape index (κ1) is 13.5. The highest BCUT2D eigenvalue weighted by molar-refractivity contribution is 7.85. The number of aromatic nitrogens is 2. The second-order valence-corrected chi connectivity index (χ2v) is 7.33. The molecular formula is C14H20N4O2S. The fraction of sp³-hybridized carbons (Fsp3) is 0.714. The maximum absolute atomic E-state index is 12.2. The molecule has 0 amide bonds. The molecule has 1 aromatic heterocycles. The molecule has 1 N–H and O–H groups in total. The zero-order valence-corrected chi connectivity index (χ0v) is 12.8. The van der Waals surface area contributed by atoms with Gasteiger partial charge >= 0.3 is 0 Å². The molecule has 7 heteroatoms. The predicted molar refractivity (Wildman–Crippen MR) is 81.3 cm³/mol. The Bertz CT molecular complexity index is 570. The largest absolute Gasteiger partial charge is 0.381 e. The first-order valence-corrected chi connectivity index (χ1v) is 9.01. The number of nitrogens with one attached hydrogen (secondary N) is 1. The lowest BCUT2D eigenvalue weighted by atomic mass is 10.1. The van der Waals surface area contributed by atoms with Crippen LogP contribution in [0.25, 0.3) is 0 Å². The van der Waals surface area contributed by atoms with Crippen molar-refractivity contribution in [3.05, 3.63) is 5.69 Å². The number of anilines is 2. The number of fused-ring (bicyclic) bond motifs is 1. The van der Waals surface area contributed by atoms with Gasteiger partial charge in [0.05, 0.1) is 16.5 Å². The van der Waals surface area contributed by atoms with Crippen LogP contribution in [0.4, 0.5) is 11.8 Å². The molecule has 1 unspecified atom stereocenters. The van der Waals surface area contributed by atoms with E-state index in [1.54, 1.807) is 0 Å². The van der Waals surface area contributed by atoms with E-state index in [9.17, 15) is 4.21 Å². The average Bonchev–Trinajstić information content (AvgIpc) is 2.80. The third-order valence-corrected chi connectivity index (χ3v) is 5.84. The van der Waals surface area contributed by atoms with Crippen molar-refractivity contribution < 1.29 is 8.95 Å². The van der Waals surface area contributed by atoms with Crippen molar-refractivity contribution in [3.8, 4) is 0 Å². The summed E-state index contributed by atoms with van der Waals surface area (Å²) in [5.74, 6) is 2.27. The van der Waals surface area contributed by atoms with Gasteiger partial charge in [0.1, 0.15) is 10.7 Å². The molecule has 4 heterocycles. The van der Waals surface area contributed by atoms with Crippen LogP contribution in [0.1, 0.15) is 25.0 Å². The van der Waals surface area contributed by atoms with Crippen LogP contribution in [0, 0.1) is 0 Å². The summed E-state index contributed by atoms with van der Waals surface area (Å²) in [6, 6.07) is 0.361. The molecule has 1 aromatic rings. The molecule has 2 saturated heterocycles. The molecule has 3 aliphatic heterocycles. The number of aryl methyl sites for hydroxylation is 1. The predicted octanol–water partition coefficient (Wildman–Crippen LogP) is 0.941. The molecule has 6 nitrogen and oxygen atoms in total. The zero-order chi connectivity index (χ0) is 14.2. The summed E-state index contributed by atoms with van der Waals surface area (Å²) in [5.41, 5.74) is 0.972. The van der Waals surface area contributed by atoms with Crippen molar-refractivity contribution in [2.24, 2.45) is 0 Å². The molecule has 4 rings (SSSR count). The first-order valence-electron chi connectivity index (χ1n) is 7.70. The highest BCUT2D eigenvalue weighted by atomic mass is 32.2. The second-order valence-electron chi connectivity index (χ2n) is 5.82. The van der Waals surface area contributed by atoms with Crippen molar-refractivity contribution in [2.75, 3.05) is 42.3 Å². The van der Waals surface area contributed by atoms with Gasteiger partial charge < -0.3 is 15.0 Å². The van der Waals surface area contributed by atoms with E-state index in [1.165, 1.54) is 6.42 Å². The smallest absolute Gasteiger partial charge is 0.227 e. The molecule has 21 heavy (non-hydrogen) atoms. The normalized spacial score (nSPS) is 25.5. The number of rotatable bonds is 3. The van der Waals surface area contributed by atoms with E-state index in [4.69, 9.17) is 4.74 Å². The Balaban J connectivity index is 1.66. The van der Waals surface area contributed by atoms with Crippen molar-refractivity contribution >= 4 is 22.6 Å². The van der Waals surface area contributed by atoms with Gasteiger partial charge in [-0.15, -0.1) is 0 Å². The lowest BCUT2D eigenvalue weighted by Crippen LogP contribution is -2.39. The molecule has 2 fully saturated rings. The summed E-state index contributed by atoms with van der Waals surface area (Å²) in [5, 5.41) is 3.50. The van der Waals surface area contributed by atoms with E-state index in [1.807, 2.05) is 0 Å². The van der Waals surface area contributed by atoms with Crippen LogP contribution in [0.2, 0.25) is 0 Å². The fourth-order valence-electron chi connectivity index (χ4n) is 2.97. The third kappa shape index (κ3) is 2.53. The summed E-state index contributed by atoms with van der Waals surface area (Å²) in [6.45, 7) is 3.62. The van der Waals surface area contributed by atoms with Crippen LogP contribution < -0.4 is 10.2 Å². The number of ether oxygens (including phenoxy) is 1. The van der Waals surface area contributed by atoms with Crippen LogP contribution >= 0.6 is 0 Å². The molecule has 0 aliphatic carbocycles. The van der Waals surface area contributed by atoms with Gasteiger partial charge in [-0.3, -0.25) is 4.21 Å². The molecule has 0 radical (unpaired) electrons. The topological polar surface area (TPSA) is 67.4 Å². The summed E-state index contributed by atoms with van der Waals surface area (Å²) in [6.07, 6.45) is 3.96. The lowest BCUT2D eigenvalue weighted by molar-refractivity contribution is 0.0903. The van der Waals surface area contributed by atoms with Gasteiger partial charge in [0, 0.05) is 44.5 Å². The van der Waals surface area contributed by atoms with Gasteiger partial charge in [-0.1, -0.05) is 0 Å². The van der Waals surface area contributed by atoms with E-state index < -0.39 is 10.8 Å². The standard InChI is InChI=1S/C14H20N4O2S/c19-21-9-4-11-12(21)13(15-10-2-7-20-8-3-10)17-14(16-11)18-5-1-6-18/h10H,1-9H2,(H,15,16,17). The molecule has 0 bridgehead atoms. The number of nitrogens with zero attached hydrogens (tertiary/aromatic N) is 3. The first-order chi connectivity index (χ1) is 10.3. The highest BCUT2D eigenvalue weighted by Crippen LogP contribution is 2.31. The Hall–Kier alpha value is -1.21. The van der Waals surface area contributed by atoms with Crippen molar-refractivity contribution in [1.29, 1.82) is 0 Å². The van der Waals surface area contributed by atoms with Crippen molar-refractivity contribution in [1.82, 2.24) is 9.97 Å². The minimum absolute atomic E-state index is 0.361. The van der Waals surface area contributed by atoms with Gasteiger partial charge in [-0.2, -0.15) is 4.98 Å². The SMILES string of the molecule is O=S1CCc2nc(N3CCC3)nc(NC3CCOCC3)c21. The monoisotopic (exact) mass is 308 g/mol. The van der Waals surface area contributed by atoms with E-state index in [2.05, 4.69) is 20.2 Å². The summed E-state index contributed by atoms with van der Waals surface area (Å²) in [7, 11) is -0.956. The van der Waals surface area contributed by atoms with Crippen LogP contribution in [0.3, 0.4) is 0 Å². The van der Waals surface area contributed by atoms with Gasteiger partial charge in [-0.05, 0) is 19.3 Å². The van der Waals surface area contributed by atoms with E-state index in [0.29, 0.717) is 11.8 Å². The van der Waals surface area contributed by atoms with Gasteiger partial charge in [0.25, 0.3) is 0 Å². The molecule has 114 valence electrons. The highest BCUT2D eigenvalue weighted by Gasteiger charge is 2.29. The quantitative estimate of drug-likeness (QED) is 0.896. The molecular weight excluding hydrogens is 288 g/mol. The number of hydrogen-bond donors (Lipinski definition) is 1. The zero-order valence-electron chi connectivity index (χ0n) is 12.0. The summed E-state index contributed by atoms with van der Waals surface area (Å²) in [4.78, 5) is 12.3. The third-order valence-electron chi connectivity index (χ3n) is 4.38. The fourth-order valence-corrected chi connectivity index (χ4v) is 4.29. The second kappa shape index (κ2) is 5.53. The molecule has 0 spiro atoms. The Kier molecular flexibility index (Phi) is 3.54. The summed E-state index contributed by atoms with van der Waals surface area (Å²) < 4.78 is 17.6.